The normalized spacial score (nSPS) is 11.4. The number of hydrogen-bond donors (Lipinski definition) is 3. The van der Waals surface area contributed by atoms with E-state index in [0.717, 1.165) is 23.7 Å². The van der Waals surface area contributed by atoms with Crippen LogP contribution in [0.15, 0.2) is 73.2 Å². The number of alkyl halides is 3. The molecule has 0 atom stereocenters. The Morgan fingerprint density at radius 1 is 1.00 bits per heavy atom. The third kappa shape index (κ3) is 7.54. The summed E-state index contributed by atoms with van der Waals surface area (Å²) in [6, 6.07) is 14.2. The van der Waals surface area contributed by atoms with E-state index in [9.17, 15) is 18.0 Å². The van der Waals surface area contributed by atoms with E-state index in [4.69, 9.17) is 0 Å². The zero-order valence-corrected chi connectivity index (χ0v) is 22.4. The lowest BCUT2D eigenvalue weighted by Crippen LogP contribution is -2.19. The quantitative estimate of drug-likeness (QED) is 0.202. The minimum absolute atomic E-state index is 0.0573. The van der Waals surface area contributed by atoms with Crippen molar-refractivity contribution >= 4 is 28.9 Å². The van der Waals surface area contributed by atoms with Crippen LogP contribution in [0.5, 0.6) is 0 Å². The first-order valence-electron chi connectivity index (χ1n) is 12.6. The summed E-state index contributed by atoms with van der Waals surface area (Å²) < 4.78 is 41.4. The lowest BCUT2D eigenvalue weighted by Gasteiger charge is -2.17. The summed E-state index contributed by atoms with van der Waals surface area (Å²) in [7, 11) is 3.80. The van der Waals surface area contributed by atoms with Crippen molar-refractivity contribution in [2.75, 3.05) is 43.1 Å². The van der Waals surface area contributed by atoms with Gasteiger partial charge >= 0.3 is 6.18 Å². The van der Waals surface area contributed by atoms with Gasteiger partial charge in [-0.15, -0.1) is 0 Å². The number of halogens is 3. The number of anilines is 4. The Hall–Kier alpha value is -4.51. The third-order valence-corrected chi connectivity index (χ3v) is 6.04. The molecular formula is C29H30F3N7O. The van der Waals surface area contributed by atoms with Crippen molar-refractivity contribution in [3.8, 4) is 11.3 Å². The number of nitrogens with zero attached hydrogens (tertiary/aromatic N) is 4. The SMILES string of the molecule is Cc1ccc(NC(=O)c2ccc(NCCCN(C)C)c(C(F)(F)F)c2)cc1Nc1nccc(-c2cccnc2)n1. The second-order valence-corrected chi connectivity index (χ2v) is 9.46. The van der Waals surface area contributed by atoms with Gasteiger partial charge in [0.1, 0.15) is 0 Å². The number of hydrogen-bond acceptors (Lipinski definition) is 7. The highest BCUT2D eigenvalue weighted by molar-refractivity contribution is 6.05. The topological polar surface area (TPSA) is 95.1 Å². The first-order chi connectivity index (χ1) is 19.1. The maximum atomic E-state index is 13.8. The Balaban J connectivity index is 1.49. The number of nitrogens with one attached hydrogen (secondary N) is 3. The Kier molecular flexibility index (Phi) is 8.95. The standard InChI is InChI=1S/C29H30F3N7O/c1-19-7-9-22(17-26(19)38-28-35-14-11-24(37-28)21-6-4-12-33-18-21)36-27(40)20-8-10-25(23(16-20)29(30,31)32)34-13-5-15-39(2)3/h4,6-12,14,16-18,34H,5,13,15H2,1-3H3,(H,36,40)(H,35,37,38). The lowest BCUT2D eigenvalue weighted by molar-refractivity contribution is -0.137. The average molecular weight is 550 g/mol. The van der Waals surface area contributed by atoms with Gasteiger partial charge in [-0.2, -0.15) is 13.2 Å². The fraction of sp³-hybridized carbons (Fsp3) is 0.241. The largest absolute Gasteiger partial charge is 0.418 e. The molecule has 0 bridgehead atoms. The van der Waals surface area contributed by atoms with Gasteiger partial charge in [-0.3, -0.25) is 9.78 Å². The summed E-state index contributed by atoms with van der Waals surface area (Å²) in [5.41, 5.74) is 2.36. The van der Waals surface area contributed by atoms with Gasteiger partial charge in [0.15, 0.2) is 0 Å². The lowest BCUT2D eigenvalue weighted by atomic mass is 10.1. The molecule has 8 nitrogen and oxygen atoms in total. The van der Waals surface area contributed by atoms with Gasteiger partial charge in [0.05, 0.1) is 11.3 Å². The first-order valence-corrected chi connectivity index (χ1v) is 12.6. The molecule has 0 radical (unpaired) electrons. The number of aryl methyl sites for hydroxylation is 1. The highest BCUT2D eigenvalue weighted by Crippen LogP contribution is 2.36. The van der Waals surface area contributed by atoms with Crippen molar-refractivity contribution in [3.63, 3.8) is 0 Å². The van der Waals surface area contributed by atoms with Gasteiger partial charge in [-0.25, -0.2) is 9.97 Å². The number of pyridine rings is 1. The number of aromatic nitrogens is 3. The summed E-state index contributed by atoms with van der Waals surface area (Å²) in [6.45, 7) is 2.99. The Labute approximate surface area is 230 Å². The van der Waals surface area contributed by atoms with Crippen LogP contribution in [0.25, 0.3) is 11.3 Å². The van der Waals surface area contributed by atoms with Gasteiger partial charge in [-0.1, -0.05) is 6.07 Å². The van der Waals surface area contributed by atoms with Crippen molar-refractivity contribution in [1.82, 2.24) is 19.9 Å². The molecule has 4 aromatic rings. The van der Waals surface area contributed by atoms with Crippen LogP contribution in [0.4, 0.5) is 36.2 Å². The zero-order valence-electron chi connectivity index (χ0n) is 22.4. The Morgan fingerprint density at radius 2 is 1.82 bits per heavy atom. The molecule has 2 aromatic carbocycles. The summed E-state index contributed by atoms with van der Waals surface area (Å²) in [5, 5.41) is 8.68. The van der Waals surface area contributed by atoms with Crippen molar-refractivity contribution in [2.24, 2.45) is 0 Å². The van der Waals surface area contributed by atoms with Crippen LogP contribution in [0.3, 0.4) is 0 Å². The van der Waals surface area contributed by atoms with Crippen molar-refractivity contribution in [1.29, 1.82) is 0 Å². The van der Waals surface area contributed by atoms with Crippen molar-refractivity contribution in [3.05, 3.63) is 89.9 Å². The van der Waals surface area contributed by atoms with Gasteiger partial charge < -0.3 is 20.9 Å². The van der Waals surface area contributed by atoms with E-state index in [0.29, 0.717) is 36.0 Å². The van der Waals surface area contributed by atoms with E-state index in [-0.39, 0.29) is 11.3 Å². The molecule has 1 amide bonds. The van der Waals surface area contributed by atoms with Gasteiger partial charge in [0.2, 0.25) is 5.95 Å². The van der Waals surface area contributed by atoms with Crippen molar-refractivity contribution in [2.45, 2.75) is 19.5 Å². The van der Waals surface area contributed by atoms with Gasteiger partial charge in [0.25, 0.3) is 5.91 Å². The summed E-state index contributed by atoms with van der Waals surface area (Å²) in [4.78, 5) is 27.8. The fourth-order valence-corrected chi connectivity index (χ4v) is 3.94. The minimum atomic E-state index is -4.62. The predicted octanol–water partition coefficient (Wildman–Crippen LogP) is 6.23. The van der Waals surface area contributed by atoms with Crippen LogP contribution in [-0.4, -0.2) is 52.9 Å². The van der Waals surface area contributed by atoms with Crippen LogP contribution >= 0.6 is 0 Å². The zero-order chi connectivity index (χ0) is 28.7. The number of carbonyl (C=O) groups excluding carboxylic acids is 1. The molecule has 0 aliphatic rings. The fourth-order valence-electron chi connectivity index (χ4n) is 3.94. The minimum Gasteiger partial charge on any atom is -0.385 e. The predicted molar refractivity (Wildman–Crippen MR) is 151 cm³/mol. The maximum Gasteiger partial charge on any atom is 0.418 e. The molecule has 40 heavy (non-hydrogen) atoms. The molecule has 4 rings (SSSR count). The van der Waals surface area contributed by atoms with Crippen molar-refractivity contribution < 1.29 is 18.0 Å². The van der Waals surface area contributed by atoms with E-state index < -0.39 is 17.6 Å². The Morgan fingerprint density at radius 3 is 2.55 bits per heavy atom. The molecule has 0 aliphatic carbocycles. The third-order valence-electron chi connectivity index (χ3n) is 6.04. The summed E-state index contributed by atoms with van der Waals surface area (Å²) in [5.74, 6) is -0.314. The smallest absolute Gasteiger partial charge is 0.385 e. The highest BCUT2D eigenvalue weighted by atomic mass is 19.4. The van der Waals surface area contributed by atoms with Crippen LogP contribution in [-0.2, 0) is 6.18 Å². The van der Waals surface area contributed by atoms with Gasteiger partial charge in [0, 0.05) is 53.3 Å². The molecule has 208 valence electrons. The summed E-state index contributed by atoms with van der Waals surface area (Å²) in [6.07, 6.45) is 1.06. The molecule has 0 aliphatic heterocycles. The molecular weight excluding hydrogens is 519 g/mol. The Bertz CT molecular complexity index is 1460. The van der Waals surface area contributed by atoms with E-state index in [1.807, 2.05) is 38.1 Å². The van der Waals surface area contributed by atoms with Crippen LogP contribution in [0.1, 0.15) is 27.9 Å². The number of benzene rings is 2. The monoisotopic (exact) mass is 549 g/mol. The molecule has 11 heteroatoms. The number of rotatable bonds is 10. The molecule has 3 N–H and O–H groups in total. The molecule has 2 aromatic heterocycles. The number of amides is 1. The summed E-state index contributed by atoms with van der Waals surface area (Å²) >= 11 is 0. The molecule has 0 spiro atoms. The first kappa shape index (κ1) is 28.5. The van der Waals surface area contributed by atoms with Crippen LogP contribution in [0, 0.1) is 6.92 Å². The van der Waals surface area contributed by atoms with E-state index in [2.05, 4.69) is 30.9 Å². The molecule has 2 heterocycles. The number of carbonyl (C=O) groups is 1. The molecule has 0 saturated heterocycles. The average Bonchev–Trinajstić information content (AvgIpc) is 2.93. The second-order valence-electron chi connectivity index (χ2n) is 9.46. The van der Waals surface area contributed by atoms with E-state index >= 15 is 0 Å². The van der Waals surface area contributed by atoms with Crippen LogP contribution < -0.4 is 16.0 Å². The molecule has 0 fully saturated rings. The van der Waals surface area contributed by atoms with E-state index in [1.165, 1.54) is 12.1 Å². The second kappa shape index (κ2) is 12.6. The highest BCUT2D eigenvalue weighted by Gasteiger charge is 2.34. The van der Waals surface area contributed by atoms with E-state index in [1.54, 1.807) is 42.9 Å². The van der Waals surface area contributed by atoms with Crippen LogP contribution in [0.2, 0.25) is 0 Å². The van der Waals surface area contributed by atoms with Gasteiger partial charge in [-0.05, 0) is 88.1 Å². The molecule has 0 saturated carbocycles. The maximum absolute atomic E-state index is 13.8. The molecule has 0 unspecified atom stereocenters.